The molecule has 0 fully saturated rings. The quantitative estimate of drug-likeness (QED) is 0.734. The number of para-hydroxylation sites is 1. The SMILES string of the molecule is CCc1cc(-c2ccccc2N(C)C)c(CC)cc1Br. The number of benzene rings is 2. The summed E-state index contributed by atoms with van der Waals surface area (Å²) < 4.78 is 1.22. The van der Waals surface area contributed by atoms with Gasteiger partial charge >= 0.3 is 0 Å². The molecule has 2 aromatic rings. The van der Waals surface area contributed by atoms with E-state index in [4.69, 9.17) is 0 Å². The van der Waals surface area contributed by atoms with Gasteiger partial charge < -0.3 is 4.90 Å². The zero-order valence-electron chi connectivity index (χ0n) is 12.7. The highest BCUT2D eigenvalue weighted by molar-refractivity contribution is 9.10. The number of anilines is 1. The fraction of sp³-hybridized carbons (Fsp3) is 0.333. The van der Waals surface area contributed by atoms with Gasteiger partial charge in [0.15, 0.2) is 0 Å². The average Bonchev–Trinajstić information content (AvgIpc) is 2.46. The molecule has 0 N–H and O–H groups in total. The van der Waals surface area contributed by atoms with Crippen molar-refractivity contribution in [2.24, 2.45) is 0 Å². The van der Waals surface area contributed by atoms with E-state index in [1.807, 2.05) is 0 Å². The molecule has 0 aliphatic carbocycles. The van der Waals surface area contributed by atoms with Crippen molar-refractivity contribution in [3.8, 4) is 11.1 Å². The molecule has 2 aromatic carbocycles. The van der Waals surface area contributed by atoms with E-state index in [9.17, 15) is 0 Å². The molecule has 20 heavy (non-hydrogen) atoms. The second kappa shape index (κ2) is 6.45. The molecule has 0 saturated carbocycles. The topological polar surface area (TPSA) is 3.24 Å². The van der Waals surface area contributed by atoms with Crippen molar-refractivity contribution < 1.29 is 0 Å². The first-order valence-corrected chi connectivity index (χ1v) is 7.95. The van der Waals surface area contributed by atoms with Gasteiger partial charge in [0.2, 0.25) is 0 Å². The summed E-state index contributed by atoms with van der Waals surface area (Å²) in [4.78, 5) is 2.18. The van der Waals surface area contributed by atoms with Gasteiger partial charge in [-0.1, -0.05) is 48.0 Å². The maximum Gasteiger partial charge on any atom is 0.0440 e. The van der Waals surface area contributed by atoms with E-state index in [1.54, 1.807) is 0 Å². The standard InChI is InChI=1S/C18H22BrN/c1-5-13-12-17(19)14(6-2)11-16(13)15-9-7-8-10-18(15)20(3)4/h7-12H,5-6H2,1-4H3. The van der Waals surface area contributed by atoms with E-state index < -0.39 is 0 Å². The van der Waals surface area contributed by atoms with Gasteiger partial charge in [-0.25, -0.2) is 0 Å². The summed E-state index contributed by atoms with van der Waals surface area (Å²) in [5.74, 6) is 0. The Labute approximate surface area is 130 Å². The van der Waals surface area contributed by atoms with Crippen LogP contribution in [0.4, 0.5) is 5.69 Å². The smallest absolute Gasteiger partial charge is 0.0440 e. The first-order valence-electron chi connectivity index (χ1n) is 7.16. The van der Waals surface area contributed by atoms with E-state index in [1.165, 1.54) is 32.4 Å². The summed E-state index contributed by atoms with van der Waals surface area (Å²) in [7, 11) is 4.20. The second-order valence-electron chi connectivity index (χ2n) is 5.22. The van der Waals surface area contributed by atoms with Crippen LogP contribution >= 0.6 is 15.9 Å². The molecule has 0 heterocycles. The molecule has 2 heteroatoms. The predicted octanol–water partition coefficient (Wildman–Crippen LogP) is 5.31. The van der Waals surface area contributed by atoms with E-state index >= 15 is 0 Å². The normalized spacial score (nSPS) is 10.7. The Kier molecular flexibility index (Phi) is 4.87. The molecule has 0 saturated heterocycles. The van der Waals surface area contributed by atoms with Gasteiger partial charge in [0, 0.05) is 29.8 Å². The molecule has 1 nitrogen and oxygen atoms in total. The third-order valence-corrected chi connectivity index (χ3v) is 4.45. The Bertz CT molecular complexity index is 602. The van der Waals surface area contributed by atoms with Crippen LogP contribution in [-0.2, 0) is 12.8 Å². The van der Waals surface area contributed by atoms with Crippen molar-refractivity contribution in [2.45, 2.75) is 26.7 Å². The van der Waals surface area contributed by atoms with E-state index in [2.05, 4.69) is 85.2 Å². The molecule has 0 amide bonds. The van der Waals surface area contributed by atoms with Gasteiger partial charge in [-0.05, 0) is 47.7 Å². The Morgan fingerprint density at radius 1 is 0.900 bits per heavy atom. The average molecular weight is 332 g/mol. The number of rotatable bonds is 4. The minimum absolute atomic E-state index is 1.04. The highest BCUT2D eigenvalue weighted by Gasteiger charge is 2.12. The minimum atomic E-state index is 1.04. The summed E-state index contributed by atoms with van der Waals surface area (Å²) in [6.07, 6.45) is 2.08. The van der Waals surface area contributed by atoms with E-state index in [0.29, 0.717) is 0 Å². The highest BCUT2D eigenvalue weighted by atomic mass is 79.9. The lowest BCUT2D eigenvalue weighted by atomic mass is 9.94. The van der Waals surface area contributed by atoms with Gasteiger partial charge in [-0.3, -0.25) is 0 Å². The van der Waals surface area contributed by atoms with Crippen molar-refractivity contribution in [3.63, 3.8) is 0 Å². The van der Waals surface area contributed by atoms with Crippen LogP contribution in [0.25, 0.3) is 11.1 Å². The lowest BCUT2D eigenvalue weighted by Gasteiger charge is -2.20. The molecule has 0 unspecified atom stereocenters. The first-order chi connectivity index (χ1) is 9.58. The maximum absolute atomic E-state index is 3.69. The van der Waals surface area contributed by atoms with Crippen molar-refractivity contribution in [3.05, 3.63) is 52.0 Å². The van der Waals surface area contributed by atoms with Gasteiger partial charge in [0.1, 0.15) is 0 Å². The number of aryl methyl sites for hydroxylation is 2. The molecule has 2 rings (SSSR count). The molecule has 0 atom stereocenters. The molecule has 0 spiro atoms. The summed E-state index contributed by atoms with van der Waals surface area (Å²) in [6.45, 7) is 4.42. The predicted molar refractivity (Wildman–Crippen MR) is 92.7 cm³/mol. The molecule has 0 aromatic heterocycles. The Morgan fingerprint density at radius 2 is 1.55 bits per heavy atom. The summed E-state index contributed by atoms with van der Waals surface area (Å²) >= 11 is 3.69. The molecular weight excluding hydrogens is 310 g/mol. The molecule has 0 aliphatic heterocycles. The van der Waals surface area contributed by atoms with Crippen LogP contribution in [0.15, 0.2) is 40.9 Å². The van der Waals surface area contributed by atoms with Crippen molar-refractivity contribution in [1.82, 2.24) is 0 Å². The number of nitrogens with zero attached hydrogens (tertiary/aromatic N) is 1. The fourth-order valence-electron chi connectivity index (χ4n) is 2.56. The molecule has 0 aliphatic rings. The zero-order valence-corrected chi connectivity index (χ0v) is 14.3. The molecule has 0 radical (unpaired) electrons. The third kappa shape index (κ3) is 2.90. The fourth-order valence-corrected chi connectivity index (χ4v) is 3.24. The number of halogens is 1. The van der Waals surface area contributed by atoms with Crippen molar-refractivity contribution in [2.75, 3.05) is 19.0 Å². The Hall–Kier alpha value is -1.28. The van der Waals surface area contributed by atoms with Crippen molar-refractivity contribution >= 4 is 21.6 Å². The summed E-state index contributed by atoms with van der Waals surface area (Å²) in [6, 6.07) is 13.2. The van der Waals surface area contributed by atoms with Gasteiger partial charge in [0.05, 0.1) is 0 Å². The van der Waals surface area contributed by atoms with Crippen LogP contribution in [0, 0.1) is 0 Å². The van der Waals surface area contributed by atoms with Crippen molar-refractivity contribution in [1.29, 1.82) is 0 Å². The lowest BCUT2D eigenvalue weighted by Crippen LogP contribution is -2.10. The highest BCUT2D eigenvalue weighted by Crippen LogP contribution is 2.35. The van der Waals surface area contributed by atoms with Crippen LogP contribution in [0.1, 0.15) is 25.0 Å². The van der Waals surface area contributed by atoms with Gasteiger partial charge in [-0.2, -0.15) is 0 Å². The molecule has 106 valence electrons. The number of hydrogen-bond donors (Lipinski definition) is 0. The van der Waals surface area contributed by atoms with Crippen LogP contribution in [0.3, 0.4) is 0 Å². The largest absolute Gasteiger partial charge is 0.377 e. The maximum atomic E-state index is 3.69. The van der Waals surface area contributed by atoms with E-state index in [-0.39, 0.29) is 0 Å². The Morgan fingerprint density at radius 3 is 2.15 bits per heavy atom. The van der Waals surface area contributed by atoms with Crippen LogP contribution in [0.5, 0.6) is 0 Å². The minimum Gasteiger partial charge on any atom is -0.377 e. The summed E-state index contributed by atoms with van der Waals surface area (Å²) in [5.41, 5.74) is 6.70. The van der Waals surface area contributed by atoms with Crippen LogP contribution in [0.2, 0.25) is 0 Å². The first kappa shape index (κ1) is 15.1. The third-order valence-electron chi connectivity index (χ3n) is 3.71. The Balaban J connectivity index is 2.68. The molecular formula is C18H22BrN. The second-order valence-corrected chi connectivity index (χ2v) is 6.07. The van der Waals surface area contributed by atoms with E-state index in [0.717, 1.165) is 12.8 Å². The van der Waals surface area contributed by atoms with Gasteiger partial charge in [0.25, 0.3) is 0 Å². The van der Waals surface area contributed by atoms with Crippen LogP contribution in [-0.4, -0.2) is 14.1 Å². The van der Waals surface area contributed by atoms with Crippen LogP contribution < -0.4 is 4.90 Å². The molecule has 0 bridgehead atoms. The summed E-state index contributed by atoms with van der Waals surface area (Å²) in [5, 5.41) is 0. The van der Waals surface area contributed by atoms with Gasteiger partial charge in [-0.15, -0.1) is 0 Å². The zero-order chi connectivity index (χ0) is 14.7. The lowest BCUT2D eigenvalue weighted by molar-refractivity contribution is 1.09. The monoisotopic (exact) mass is 331 g/mol. The number of hydrogen-bond acceptors (Lipinski definition) is 1.